The summed E-state index contributed by atoms with van der Waals surface area (Å²) in [5.74, 6) is -0.220. The van der Waals surface area contributed by atoms with Gasteiger partial charge < -0.3 is 4.74 Å². The molecule has 0 saturated carbocycles. The van der Waals surface area contributed by atoms with E-state index >= 15 is 0 Å². The molecule has 108 valence electrons. The third-order valence-electron chi connectivity index (χ3n) is 3.12. The minimum atomic E-state index is -1.94. The summed E-state index contributed by atoms with van der Waals surface area (Å²) in [5, 5.41) is 9.05. The second-order valence-corrected chi connectivity index (χ2v) is 4.64. The maximum Gasteiger partial charge on any atom is 0.305 e. The Morgan fingerprint density at radius 3 is 2.60 bits per heavy atom. The Hall–Kier alpha value is -1.89. The molecule has 1 unspecified atom stereocenters. The van der Waals surface area contributed by atoms with Gasteiger partial charge in [-0.1, -0.05) is 36.8 Å². The van der Waals surface area contributed by atoms with Gasteiger partial charge in [0.2, 0.25) is 5.67 Å². The molecule has 1 aromatic carbocycles. The van der Waals surface area contributed by atoms with Crippen LogP contribution >= 0.6 is 0 Å². The highest BCUT2D eigenvalue weighted by atomic mass is 19.1. The van der Waals surface area contributed by atoms with Crippen molar-refractivity contribution in [2.75, 3.05) is 6.61 Å². The smallest absolute Gasteiger partial charge is 0.305 e. The largest absolute Gasteiger partial charge is 0.466 e. The number of halogens is 1. The van der Waals surface area contributed by atoms with E-state index in [-0.39, 0.29) is 12.4 Å². The number of ether oxygens (including phenoxy) is 1. The SMILES string of the molecule is CCOC(=O)CCCCCC(F)(C#N)c1ccccc1. The van der Waals surface area contributed by atoms with E-state index in [1.807, 2.05) is 0 Å². The Bertz CT molecular complexity index is 455. The third-order valence-corrected chi connectivity index (χ3v) is 3.12. The van der Waals surface area contributed by atoms with Crippen molar-refractivity contribution in [2.45, 2.75) is 44.7 Å². The van der Waals surface area contributed by atoms with Crippen molar-refractivity contribution in [2.24, 2.45) is 0 Å². The highest BCUT2D eigenvalue weighted by Crippen LogP contribution is 2.31. The summed E-state index contributed by atoms with van der Waals surface area (Å²) < 4.78 is 19.3. The molecule has 20 heavy (non-hydrogen) atoms. The standard InChI is InChI=1S/C16H20FNO2/c1-2-20-15(19)11-7-4-8-12-16(17,13-18)14-9-5-3-6-10-14/h3,5-6,9-10H,2,4,7-8,11-12H2,1H3. The fourth-order valence-electron chi connectivity index (χ4n) is 2.01. The first kappa shape index (κ1) is 16.2. The summed E-state index contributed by atoms with van der Waals surface area (Å²) in [4.78, 5) is 11.1. The molecule has 1 rings (SSSR count). The summed E-state index contributed by atoms with van der Waals surface area (Å²) >= 11 is 0. The number of nitriles is 1. The normalized spacial score (nSPS) is 13.2. The van der Waals surface area contributed by atoms with E-state index in [4.69, 9.17) is 10.00 Å². The molecule has 3 nitrogen and oxygen atoms in total. The van der Waals surface area contributed by atoms with Crippen LogP contribution in [0.2, 0.25) is 0 Å². The maximum absolute atomic E-state index is 14.5. The molecule has 1 aromatic rings. The lowest BCUT2D eigenvalue weighted by molar-refractivity contribution is -0.143. The number of nitrogens with zero attached hydrogens (tertiary/aromatic N) is 1. The number of hydrogen-bond acceptors (Lipinski definition) is 3. The fourth-order valence-corrected chi connectivity index (χ4v) is 2.01. The quantitative estimate of drug-likeness (QED) is 0.535. The van der Waals surface area contributed by atoms with Crippen molar-refractivity contribution in [1.29, 1.82) is 5.26 Å². The molecule has 0 aliphatic carbocycles. The molecule has 0 saturated heterocycles. The molecule has 0 radical (unpaired) electrons. The topological polar surface area (TPSA) is 50.1 Å². The van der Waals surface area contributed by atoms with Gasteiger partial charge >= 0.3 is 5.97 Å². The van der Waals surface area contributed by atoms with Crippen LogP contribution in [0.25, 0.3) is 0 Å². The van der Waals surface area contributed by atoms with Gasteiger partial charge in [-0.25, -0.2) is 4.39 Å². The molecule has 0 spiro atoms. The summed E-state index contributed by atoms with van der Waals surface area (Å²) in [6, 6.07) is 10.3. The van der Waals surface area contributed by atoms with Crippen LogP contribution in [0.3, 0.4) is 0 Å². The zero-order valence-corrected chi connectivity index (χ0v) is 11.8. The minimum Gasteiger partial charge on any atom is -0.466 e. The predicted octanol–water partition coefficient (Wildman–Crippen LogP) is 3.89. The number of hydrogen-bond donors (Lipinski definition) is 0. The van der Waals surface area contributed by atoms with Crippen molar-refractivity contribution in [3.8, 4) is 6.07 Å². The van der Waals surface area contributed by atoms with Crippen LogP contribution in [0.15, 0.2) is 30.3 Å². The van der Waals surface area contributed by atoms with E-state index < -0.39 is 5.67 Å². The molecular weight excluding hydrogens is 257 g/mol. The molecule has 0 amide bonds. The van der Waals surface area contributed by atoms with Gasteiger partial charge in [-0.3, -0.25) is 4.79 Å². The van der Waals surface area contributed by atoms with E-state index in [1.54, 1.807) is 43.3 Å². The average Bonchev–Trinajstić information content (AvgIpc) is 2.48. The predicted molar refractivity (Wildman–Crippen MR) is 74.6 cm³/mol. The van der Waals surface area contributed by atoms with Crippen LogP contribution in [0, 0.1) is 11.3 Å². The van der Waals surface area contributed by atoms with Gasteiger partial charge in [-0.2, -0.15) is 5.26 Å². The van der Waals surface area contributed by atoms with Crippen LogP contribution in [0.1, 0.15) is 44.6 Å². The Morgan fingerprint density at radius 1 is 1.30 bits per heavy atom. The van der Waals surface area contributed by atoms with Gasteiger partial charge in [-0.15, -0.1) is 0 Å². The lowest BCUT2D eigenvalue weighted by Gasteiger charge is -2.17. The molecule has 0 heterocycles. The lowest BCUT2D eigenvalue weighted by atomic mass is 9.91. The monoisotopic (exact) mass is 277 g/mol. The minimum absolute atomic E-state index is 0.149. The molecule has 4 heteroatoms. The second kappa shape index (κ2) is 8.31. The molecular formula is C16H20FNO2. The van der Waals surface area contributed by atoms with Gasteiger partial charge in [0.25, 0.3) is 0 Å². The van der Waals surface area contributed by atoms with Crippen molar-refractivity contribution in [3.63, 3.8) is 0 Å². The molecule has 0 N–H and O–H groups in total. The van der Waals surface area contributed by atoms with Crippen LogP contribution in [0.4, 0.5) is 4.39 Å². The number of carbonyl (C=O) groups is 1. The van der Waals surface area contributed by atoms with Crippen molar-refractivity contribution < 1.29 is 13.9 Å². The fraction of sp³-hybridized carbons (Fsp3) is 0.500. The van der Waals surface area contributed by atoms with Gasteiger partial charge in [-0.05, 0) is 26.2 Å². The first-order valence-corrected chi connectivity index (χ1v) is 6.93. The van der Waals surface area contributed by atoms with E-state index in [9.17, 15) is 9.18 Å². The van der Waals surface area contributed by atoms with Crippen molar-refractivity contribution >= 4 is 5.97 Å². The van der Waals surface area contributed by atoms with E-state index in [0.29, 0.717) is 37.9 Å². The Labute approximate surface area is 119 Å². The van der Waals surface area contributed by atoms with Crippen molar-refractivity contribution in [3.05, 3.63) is 35.9 Å². The first-order valence-electron chi connectivity index (χ1n) is 6.93. The summed E-state index contributed by atoms with van der Waals surface area (Å²) in [6.07, 6.45) is 2.44. The highest BCUT2D eigenvalue weighted by Gasteiger charge is 2.30. The van der Waals surface area contributed by atoms with Crippen LogP contribution in [-0.2, 0) is 15.2 Å². The summed E-state index contributed by atoms with van der Waals surface area (Å²) in [5.41, 5.74) is -1.54. The summed E-state index contributed by atoms with van der Waals surface area (Å²) in [6.45, 7) is 2.15. The van der Waals surface area contributed by atoms with Gasteiger partial charge in [0, 0.05) is 12.0 Å². The molecule has 0 fully saturated rings. The zero-order chi connectivity index (χ0) is 14.8. The first-order chi connectivity index (χ1) is 9.62. The Morgan fingerprint density at radius 2 is 2.00 bits per heavy atom. The average molecular weight is 277 g/mol. The number of rotatable bonds is 8. The summed E-state index contributed by atoms with van der Waals surface area (Å²) in [7, 11) is 0. The molecule has 0 aromatic heterocycles. The van der Waals surface area contributed by atoms with Gasteiger partial charge in [0.15, 0.2) is 0 Å². The number of carbonyl (C=O) groups excluding carboxylic acids is 1. The van der Waals surface area contributed by atoms with Crippen LogP contribution in [0.5, 0.6) is 0 Å². The van der Waals surface area contributed by atoms with Crippen molar-refractivity contribution in [1.82, 2.24) is 0 Å². The Kier molecular flexibility index (Phi) is 6.72. The van der Waals surface area contributed by atoms with E-state index in [0.717, 1.165) is 0 Å². The van der Waals surface area contributed by atoms with Crippen LogP contribution < -0.4 is 0 Å². The maximum atomic E-state index is 14.5. The van der Waals surface area contributed by atoms with Gasteiger partial charge in [0.05, 0.1) is 6.61 Å². The molecule has 0 aliphatic heterocycles. The third kappa shape index (κ3) is 5.00. The van der Waals surface area contributed by atoms with E-state index in [1.165, 1.54) is 0 Å². The molecule has 1 atom stereocenters. The number of benzene rings is 1. The lowest BCUT2D eigenvalue weighted by Crippen LogP contribution is -2.17. The number of unbranched alkanes of at least 4 members (excludes halogenated alkanes) is 2. The second-order valence-electron chi connectivity index (χ2n) is 4.64. The molecule has 0 aliphatic rings. The Balaban J connectivity index is 2.36. The van der Waals surface area contributed by atoms with Gasteiger partial charge in [0.1, 0.15) is 6.07 Å². The highest BCUT2D eigenvalue weighted by molar-refractivity contribution is 5.69. The number of esters is 1. The van der Waals surface area contributed by atoms with Crippen LogP contribution in [-0.4, -0.2) is 12.6 Å². The van der Waals surface area contributed by atoms with E-state index in [2.05, 4.69) is 0 Å². The zero-order valence-electron chi connectivity index (χ0n) is 11.8. The number of alkyl halides is 1. The molecule has 0 bridgehead atoms.